The van der Waals surface area contributed by atoms with Gasteiger partial charge in [0, 0.05) is 16.7 Å². The molecule has 0 bridgehead atoms. The topological polar surface area (TPSA) is 30.7 Å². The monoisotopic (exact) mass is 449 g/mol. The Morgan fingerprint density at radius 1 is 0.343 bits per heavy atom. The summed E-state index contributed by atoms with van der Waals surface area (Å²) in [6.45, 7) is 0. The normalized spacial score (nSPS) is 10.9. The second-order valence-electron chi connectivity index (χ2n) is 8.34. The van der Waals surface area contributed by atoms with E-state index in [-0.39, 0.29) is 0 Å². The van der Waals surface area contributed by atoms with Crippen molar-refractivity contribution in [2.75, 3.05) is 0 Å². The minimum atomic E-state index is 0.812. The van der Waals surface area contributed by atoms with Crippen molar-refractivity contribution in [1.82, 2.24) is 14.8 Å². The lowest BCUT2D eigenvalue weighted by atomic mass is 9.98. The fraction of sp³-hybridized carbons (Fsp3) is 0. The molecular formula is C32H23N3. The molecule has 5 aromatic carbocycles. The largest absolute Gasteiger partial charge is 0.274 e. The Hall–Kier alpha value is -4.76. The highest BCUT2D eigenvalue weighted by atomic mass is 15.3. The molecule has 6 rings (SSSR count). The first kappa shape index (κ1) is 20.8. The maximum atomic E-state index is 4.77. The Balaban J connectivity index is 1.65. The molecule has 0 aliphatic carbocycles. The molecule has 3 heteroatoms. The molecule has 1 heterocycles. The van der Waals surface area contributed by atoms with Gasteiger partial charge in [-0.2, -0.15) is 0 Å². The van der Waals surface area contributed by atoms with Crippen LogP contribution in [-0.2, 0) is 0 Å². The zero-order valence-corrected chi connectivity index (χ0v) is 19.1. The number of aromatic nitrogens is 3. The van der Waals surface area contributed by atoms with Crippen LogP contribution >= 0.6 is 0 Å². The summed E-state index contributed by atoms with van der Waals surface area (Å²) >= 11 is 0. The highest BCUT2D eigenvalue weighted by molar-refractivity contribution is 5.84. The molecule has 0 spiro atoms. The maximum Gasteiger partial charge on any atom is 0.169 e. The van der Waals surface area contributed by atoms with Crippen LogP contribution in [0.1, 0.15) is 0 Å². The van der Waals surface area contributed by atoms with E-state index in [9.17, 15) is 0 Å². The lowest BCUT2D eigenvalue weighted by molar-refractivity contribution is 1.07. The summed E-state index contributed by atoms with van der Waals surface area (Å²) in [4.78, 5) is 0. The number of para-hydroxylation sites is 1. The molecule has 0 amide bonds. The van der Waals surface area contributed by atoms with Crippen LogP contribution in [0.4, 0.5) is 0 Å². The number of hydrogen-bond donors (Lipinski definition) is 0. The van der Waals surface area contributed by atoms with Gasteiger partial charge in [-0.3, -0.25) is 4.57 Å². The molecule has 0 saturated heterocycles. The van der Waals surface area contributed by atoms with E-state index in [0.29, 0.717) is 0 Å². The van der Waals surface area contributed by atoms with Crippen LogP contribution in [0.2, 0.25) is 0 Å². The van der Waals surface area contributed by atoms with Crippen LogP contribution < -0.4 is 0 Å². The predicted octanol–water partition coefficient (Wildman–Crippen LogP) is 7.94. The van der Waals surface area contributed by atoms with Gasteiger partial charge in [-0.25, -0.2) is 0 Å². The molecule has 0 saturated carbocycles. The summed E-state index contributed by atoms with van der Waals surface area (Å²) in [5.74, 6) is 1.62. The summed E-state index contributed by atoms with van der Waals surface area (Å²) in [5.41, 5.74) is 7.65. The molecule has 1 aromatic heterocycles. The lowest BCUT2D eigenvalue weighted by Gasteiger charge is -2.17. The summed E-state index contributed by atoms with van der Waals surface area (Å²) in [7, 11) is 0. The molecule has 35 heavy (non-hydrogen) atoms. The smallest absolute Gasteiger partial charge is 0.169 e. The third-order valence-electron chi connectivity index (χ3n) is 6.18. The van der Waals surface area contributed by atoms with Crippen LogP contribution in [0.25, 0.3) is 50.7 Å². The van der Waals surface area contributed by atoms with Crippen molar-refractivity contribution in [2.24, 2.45) is 0 Å². The van der Waals surface area contributed by atoms with Crippen molar-refractivity contribution < 1.29 is 0 Å². The molecule has 6 aromatic rings. The fourth-order valence-corrected chi connectivity index (χ4v) is 4.54. The first-order valence-electron chi connectivity index (χ1n) is 11.7. The Morgan fingerprint density at radius 2 is 0.771 bits per heavy atom. The van der Waals surface area contributed by atoms with Gasteiger partial charge in [0.25, 0.3) is 0 Å². The third-order valence-corrected chi connectivity index (χ3v) is 6.18. The number of benzene rings is 5. The zero-order valence-electron chi connectivity index (χ0n) is 19.1. The van der Waals surface area contributed by atoms with E-state index in [1.165, 1.54) is 0 Å². The second kappa shape index (κ2) is 9.24. The van der Waals surface area contributed by atoms with E-state index >= 15 is 0 Å². The van der Waals surface area contributed by atoms with Gasteiger partial charge in [-0.1, -0.05) is 133 Å². The van der Waals surface area contributed by atoms with E-state index in [1.54, 1.807) is 0 Å². The molecule has 0 radical (unpaired) electrons. The Labute approximate surface area is 205 Å². The van der Waals surface area contributed by atoms with Gasteiger partial charge < -0.3 is 0 Å². The van der Waals surface area contributed by atoms with Crippen molar-refractivity contribution in [3.63, 3.8) is 0 Å². The number of hydrogen-bond acceptors (Lipinski definition) is 2. The molecule has 0 atom stereocenters. The van der Waals surface area contributed by atoms with Crippen molar-refractivity contribution in [2.45, 2.75) is 0 Å². The minimum absolute atomic E-state index is 0.812. The van der Waals surface area contributed by atoms with Crippen molar-refractivity contribution >= 4 is 0 Å². The molecule has 0 unspecified atom stereocenters. The third kappa shape index (κ3) is 3.94. The average molecular weight is 450 g/mol. The van der Waals surface area contributed by atoms with Gasteiger partial charge in [0.1, 0.15) is 0 Å². The van der Waals surface area contributed by atoms with Gasteiger partial charge in [0.05, 0.1) is 5.69 Å². The number of nitrogens with zero attached hydrogens (tertiary/aromatic N) is 3. The van der Waals surface area contributed by atoms with E-state index in [1.807, 2.05) is 30.3 Å². The first-order valence-corrected chi connectivity index (χ1v) is 11.7. The standard InChI is InChI=1S/C32H23N3/c1-4-14-24(15-5-1)27-20-10-11-22-29(27)32-34-33-31(26-18-8-3-9-19-26)35(32)30-23-13-12-21-28(30)25-16-6-2-7-17-25/h1-23H. The van der Waals surface area contributed by atoms with Gasteiger partial charge in [-0.05, 0) is 22.8 Å². The lowest BCUT2D eigenvalue weighted by Crippen LogP contribution is -2.03. The van der Waals surface area contributed by atoms with Crippen LogP contribution in [0.5, 0.6) is 0 Å². The fourth-order valence-electron chi connectivity index (χ4n) is 4.54. The van der Waals surface area contributed by atoms with Crippen molar-refractivity contribution in [3.05, 3.63) is 140 Å². The van der Waals surface area contributed by atoms with Crippen molar-refractivity contribution in [1.29, 1.82) is 0 Å². The molecule has 0 fully saturated rings. The molecule has 0 N–H and O–H groups in total. The van der Waals surface area contributed by atoms with Crippen LogP contribution in [0.3, 0.4) is 0 Å². The first-order chi connectivity index (χ1) is 17.4. The van der Waals surface area contributed by atoms with Crippen LogP contribution in [-0.4, -0.2) is 14.8 Å². The van der Waals surface area contributed by atoms with Gasteiger partial charge in [-0.15, -0.1) is 10.2 Å². The zero-order chi connectivity index (χ0) is 23.5. The van der Waals surface area contributed by atoms with Crippen LogP contribution in [0, 0.1) is 0 Å². The summed E-state index contributed by atoms with van der Waals surface area (Å²) in [5, 5.41) is 9.49. The molecule has 0 aliphatic heterocycles. The minimum Gasteiger partial charge on any atom is -0.274 e. The molecule has 166 valence electrons. The van der Waals surface area contributed by atoms with Gasteiger partial charge >= 0.3 is 0 Å². The SMILES string of the molecule is c1ccc(-c2ccccc2-c2nnc(-c3ccccc3)n2-c2ccccc2-c2ccccc2)cc1. The summed E-state index contributed by atoms with van der Waals surface area (Å²) < 4.78 is 2.19. The highest BCUT2D eigenvalue weighted by Crippen LogP contribution is 2.37. The predicted molar refractivity (Wildman–Crippen MR) is 143 cm³/mol. The summed E-state index contributed by atoms with van der Waals surface area (Å²) in [6.07, 6.45) is 0. The van der Waals surface area contributed by atoms with Crippen LogP contribution in [0.15, 0.2) is 140 Å². The summed E-state index contributed by atoms with van der Waals surface area (Å²) in [6, 6.07) is 48.0. The number of rotatable bonds is 5. The molecule has 0 aliphatic rings. The Bertz CT molecular complexity index is 1570. The van der Waals surface area contributed by atoms with E-state index < -0.39 is 0 Å². The van der Waals surface area contributed by atoms with Gasteiger partial charge in [0.2, 0.25) is 0 Å². The maximum absolute atomic E-state index is 4.77. The van der Waals surface area contributed by atoms with Crippen molar-refractivity contribution in [3.8, 4) is 50.7 Å². The highest BCUT2D eigenvalue weighted by Gasteiger charge is 2.21. The van der Waals surface area contributed by atoms with E-state index in [0.717, 1.165) is 50.7 Å². The Morgan fingerprint density at radius 3 is 1.40 bits per heavy atom. The van der Waals surface area contributed by atoms with E-state index in [2.05, 4.69) is 114 Å². The average Bonchev–Trinajstić information content (AvgIpc) is 3.39. The van der Waals surface area contributed by atoms with Gasteiger partial charge in [0.15, 0.2) is 11.6 Å². The quantitative estimate of drug-likeness (QED) is 0.267. The molecule has 3 nitrogen and oxygen atoms in total. The molecular weight excluding hydrogens is 426 g/mol. The Kier molecular flexibility index (Phi) is 5.50. The van der Waals surface area contributed by atoms with E-state index in [4.69, 9.17) is 10.2 Å². The second-order valence-corrected chi connectivity index (χ2v) is 8.34.